The molecule has 0 radical (unpaired) electrons. The highest BCUT2D eigenvalue weighted by atomic mass is 16.1. The summed E-state index contributed by atoms with van der Waals surface area (Å²) in [5.74, 6) is 1.20. The van der Waals surface area contributed by atoms with Gasteiger partial charge in [0.05, 0.1) is 11.3 Å². The molecular weight excluding hydrogens is 338 g/mol. The minimum absolute atomic E-state index is 0.340. The molecule has 0 N–H and O–H groups in total. The predicted molar refractivity (Wildman–Crippen MR) is 107 cm³/mol. The van der Waals surface area contributed by atoms with Gasteiger partial charge in [-0.05, 0) is 44.5 Å². The summed E-state index contributed by atoms with van der Waals surface area (Å²) in [5, 5.41) is 9.34. The molecule has 1 aromatic carbocycles. The second-order valence-corrected chi connectivity index (χ2v) is 7.91. The van der Waals surface area contributed by atoms with Gasteiger partial charge in [0.1, 0.15) is 22.9 Å². The Labute approximate surface area is 160 Å². The van der Waals surface area contributed by atoms with Gasteiger partial charge in [0.2, 0.25) is 0 Å². The fourth-order valence-electron chi connectivity index (χ4n) is 3.99. The Balaban J connectivity index is 1.80. The van der Waals surface area contributed by atoms with Crippen molar-refractivity contribution in [3.63, 3.8) is 0 Å². The largest absolute Gasteiger partial charge is 0.369 e. The van der Waals surface area contributed by atoms with Gasteiger partial charge in [-0.25, -0.2) is 0 Å². The summed E-state index contributed by atoms with van der Waals surface area (Å²) in [5.41, 5.74) is 2.97. The van der Waals surface area contributed by atoms with Crippen LogP contribution >= 0.6 is 0 Å². The molecular formula is C21H27N5O. The summed E-state index contributed by atoms with van der Waals surface area (Å²) in [6.45, 7) is 4.82. The number of Topliss-reactive ketones (excluding diaryl/α,β-unsaturated/α-hetero) is 1. The average molecular weight is 365 g/mol. The van der Waals surface area contributed by atoms with E-state index in [2.05, 4.69) is 32.8 Å². The van der Waals surface area contributed by atoms with E-state index in [0.717, 1.165) is 37.3 Å². The number of benzene rings is 1. The SMILES string of the molecule is C[C@H]1C[C@@H](CC(=O)CCN(C)C)CN(c2ccc(C#N)c3nccnc23)C1. The van der Waals surface area contributed by atoms with Gasteiger partial charge in [-0.2, -0.15) is 5.26 Å². The monoisotopic (exact) mass is 365 g/mol. The van der Waals surface area contributed by atoms with Crippen LogP contribution in [0.2, 0.25) is 0 Å². The van der Waals surface area contributed by atoms with Crippen molar-refractivity contribution in [3.8, 4) is 6.07 Å². The third kappa shape index (κ3) is 4.61. The molecule has 0 spiro atoms. The first-order chi connectivity index (χ1) is 13.0. The molecule has 0 aliphatic carbocycles. The van der Waals surface area contributed by atoms with E-state index in [0.29, 0.717) is 41.5 Å². The van der Waals surface area contributed by atoms with Crippen LogP contribution in [0.5, 0.6) is 0 Å². The van der Waals surface area contributed by atoms with Gasteiger partial charge in [-0.15, -0.1) is 0 Å². The Bertz CT molecular complexity index is 857. The van der Waals surface area contributed by atoms with Crippen molar-refractivity contribution in [3.05, 3.63) is 30.1 Å². The zero-order chi connectivity index (χ0) is 19.4. The quantitative estimate of drug-likeness (QED) is 0.784. The van der Waals surface area contributed by atoms with Crippen molar-refractivity contribution in [2.45, 2.75) is 26.2 Å². The molecule has 142 valence electrons. The number of ketones is 1. The zero-order valence-electron chi connectivity index (χ0n) is 16.4. The lowest BCUT2D eigenvalue weighted by Crippen LogP contribution is -2.40. The molecule has 6 heteroatoms. The molecule has 1 aliphatic rings. The van der Waals surface area contributed by atoms with Crippen LogP contribution in [-0.2, 0) is 4.79 Å². The van der Waals surface area contributed by atoms with E-state index in [4.69, 9.17) is 0 Å². The normalized spacial score (nSPS) is 20.0. The second kappa shape index (κ2) is 8.45. The fraction of sp³-hybridized carbons (Fsp3) is 0.524. The highest BCUT2D eigenvalue weighted by Gasteiger charge is 2.28. The van der Waals surface area contributed by atoms with Gasteiger partial charge in [0.25, 0.3) is 0 Å². The van der Waals surface area contributed by atoms with Gasteiger partial charge in [0, 0.05) is 44.9 Å². The summed E-state index contributed by atoms with van der Waals surface area (Å²) in [7, 11) is 3.99. The molecule has 1 aliphatic heterocycles. The molecule has 2 aromatic rings. The van der Waals surface area contributed by atoms with E-state index >= 15 is 0 Å². The fourth-order valence-corrected chi connectivity index (χ4v) is 3.99. The Morgan fingerprint density at radius 2 is 2.00 bits per heavy atom. The van der Waals surface area contributed by atoms with Crippen LogP contribution in [0.1, 0.15) is 31.7 Å². The predicted octanol–water partition coefficient (Wildman–Crippen LogP) is 2.87. The lowest BCUT2D eigenvalue weighted by molar-refractivity contribution is -0.120. The number of nitriles is 1. The molecule has 6 nitrogen and oxygen atoms in total. The first kappa shape index (κ1) is 19.2. The van der Waals surface area contributed by atoms with Crippen LogP contribution < -0.4 is 4.90 Å². The van der Waals surface area contributed by atoms with E-state index in [1.165, 1.54) is 0 Å². The molecule has 0 amide bonds. The van der Waals surface area contributed by atoms with Crippen LogP contribution in [0.4, 0.5) is 5.69 Å². The summed E-state index contributed by atoms with van der Waals surface area (Å²) >= 11 is 0. The molecule has 0 unspecified atom stereocenters. The lowest BCUT2D eigenvalue weighted by atomic mass is 9.86. The molecule has 27 heavy (non-hydrogen) atoms. The molecule has 2 atom stereocenters. The smallest absolute Gasteiger partial charge is 0.134 e. The molecule has 1 fully saturated rings. The topological polar surface area (TPSA) is 73.1 Å². The molecule has 2 heterocycles. The van der Waals surface area contributed by atoms with E-state index in [1.807, 2.05) is 26.2 Å². The number of carbonyl (C=O) groups excluding carboxylic acids is 1. The number of fused-ring (bicyclic) bond motifs is 1. The van der Waals surface area contributed by atoms with E-state index in [1.54, 1.807) is 12.4 Å². The number of carbonyl (C=O) groups is 1. The Morgan fingerprint density at radius 3 is 2.70 bits per heavy atom. The van der Waals surface area contributed by atoms with Gasteiger partial charge in [0.15, 0.2) is 0 Å². The number of hydrogen-bond acceptors (Lipinski definition) is 6. The van der Waals surface area contributed by atoms with Crippen molar-refractivity contribution in [2.75, 3.05) is 38.6 Å². The molecule has 1 aromatic heterocycles. The number of hydrogen-bond donors (Lipinski definition) is 0. The minimum atomic E-state index is 0.340. The molecule has 3 rings (SSSR count). The van der Waals surface area contributed by atoms with Crippen molar-refractivity contribution in [2.24, 2.45) is 11.8 Å². The highest BCUT2D eigenvalue weighted by molar-refractivity contribution is 5.92. The first-order valence-electron chi connectivity index (χ1n) is 9.53. The van der Waals surface area contributed by atoms with E-state index in [9.17, 15) is 10.1 Å². The van der Waals surface area contributed by atoms with Gasteiger partial charge < -0.3 is 9.80 Å². The number of piperidine rings is 1. The van der Waals surface area contributed by atoms with Crippen LogP contribution in [0.25, 0.3) is 11.0 Å². The Hall–Kier alpha value is -2.52. The third-order valence-electron chi connectivity index (χ3n) is 5.17. The first-order valence-corrected chi connectivity index (χ1v) is 9.53. The van der Waals surface area contributed by atoms with Crippen LogP contribution in [0.15, 0.2) is 24.5 Å². The highest BCUT2D eigenvalue weighted by Crippen LogP contribution is 2.32. The number of aromatic nitrogens is 2. The molecule has 0 saturated carbocycles. The number of rotatable bonds is 6. The molecule has 0 bridgehead atoms. The van der Waals surface area contributed by atoms with Gasteiger partial charge in [-0.3, -0.25) is 14.8 Å². The van der Waals surface area contributed by atoms with Crippen molar-refractivity contribution in [1.29, 1.82) is 5.26 Å². The summed E-state index contributed by atoms with van der Waals surface area (Å²) in [4.78, 5) is 25.6. The van der Waals surface area contributed by atoms with Crippen molar-refractivity contribution in [1.82, 2.24) is 14.9 Å². The Kier molecular flexibility index (Phi) is 6.02. The van der Waals surface area contributed by atoms with Crippen LogP contribution in [0.3, 0.4) is 0 Å². The number of nitrogens with zero attached hydrogens (tertiary/aromatic N) is 5. The van der Waals surface area contributed by atoms with Crippen molar-refractivity contribution >= 4 is 22.5 Å². The number of anilines is 1. The summed E-state index contributed by atoms with van der Waals surface area (Å²) in [6.07, 6.45) is 5.61. The van der Waals surface area contributed by atoms with Crippen LogP contribution in [-0.4, -0.2) is 54.4 Å². The second-order valence-electron chi connectivity index (χ2n) is 7.91. The standard InChI is InChI=1S/C21H27N5O/c1-15-10-16(11-18(27)6-9-25(2)3)14-26(13-15)19-5-4-17(12-22)20-21(19)24-8-7-23-20/h4-5,7-8,15-16H,6,9-11,13-14H2,1-3H3/t15-,16-/m0/s1. The summed E-state index contributed by atoms with van der Waals surface area (Å²) < 4.78 is 0. The van der Waals surface area contributed by atoms with Crippen LogP contribution in [0, 0.1) is 23.2 Å². The summed E-state index contributed by atoms with van der Waals surface area (Å²) in [6, 6.07) is 5.99. The lowest BCUT2D eigenvalue weighted by Gasteiger charge is -2.38. The maximum absolute atomic E-state index is 12.4. The van der Waals surface area contributed by atoms with E-state index < -0.39 is 0 Å². The molecule has 1 saturated heterocycles. The third-order valence-corrected chi connectivity index (χ3v) is 5.17. The van der Waals surface area contributed by atoms with Gasteiger partial charge in [-0.1, -0.05) is 6.92 Å². The van der Waals surface area contributed by atoms with Gasteiger partial charge >= 0.3 is 0 Å². The Morgan fingerprint density at radius 1 is 1.26 bits per heavy atom. The maximum atomic E-state index is 12.4. The minimum Gasteiger partial charge on any atom is -0.369 e. The van der Waals surface area contributed by atoms with E-state index in [-0.39, 0.29) is 0 Å². The zero-order valence-corrected chi connectivity index (χ0v) is 16.4. The average Bonchev–Trinajstić information content (AvgIpc) is 2.65. The maximum Gasteiger partial charge on any atom is 0.134 e. The van der Waals surface area contributed by atoms with Crippen molar-refractivity contribution < 1.29 is 4.79 Å².